The van der Waals surface area contributed by atoms with Gasteiger partial charge in [0.15, 0.2) is 5.82 Å². The Hall–Kier alpha value is -1.68. The van der Waals surface area contributed by atoms with Crippen LogP contribution >= 0.6 is 11.6 Å². The molecule has 0 spiro atoms. The highest BCUT2D eigenvalue weighted by Gasteiger charge is 2.18. The molecule has 0 unspecified atom stereocenters. The smallest absolute Gasteiger partial charge is 0.161 e. The Morgan fingerprint density at radius 1 is 1.15 bits per heavy atom. The lowest BCUT2D eigenvalue weighted by Gasteiger charge is -2.19. The Morgan fingerprint density at radius 3 is 2.40 bits per heavy atom. The van der Waals surface area contributed by atoms with Crippen molar-refractivity contribution < 1.29 is 4.39 Å². The van der Waals surface area contributed by atoms with Crippen molar-refractivity contribution in [2.24, 2.45) is 0 Å². The third-order valence-electron chi connectivity index (χ3n) is 2.93. The number of aromatic nitrogens is 2. The Labute approximate surface area is 123 Å². The molecule has 1 aromatic heterocycles. The third kappa shape index (κ3) is 3.07. The summed E-state index contributed by atoms with van der Waals surface area (Å²) in [6.45, 7) is 6.21. The average Bonchev–Trinajstić information content (AvgIpc) is 2.40. The summed E-state index contributed by atoms with van der Waals surface area (Å²) in [7, 11) is 1.79. The van der Waals surface area contributed by atoms with Gasteiger partial charge in [-0.3, -0.25) is 0 Å². The van der Waals surface area contributed by atoms with Crippen LogP contribution in [0.2, 0.25) is 5.02 Å². The van der Waals surface area contributed by atoms with Crippen molar-refractivity contribution in [3.8, 4) is 11.4 Å². The quantitative estimate of drug-likeness (QED) is 0.898. The van der Waals surface area contributed by atoms with E-state index in [9.17, 15) is 4.39 Å². The van der Waals surface area contributed by atoms with E-state index in [0.717, 1.165) is 5.69 Å². The lowest BCUT2D eigenvalue weighted by atomic mass is 9.92. The minimum absolute atomic E-state index is 0.0922. The molecule has 0 saturated carbocycles. The highest BCUT2D eigenvalue weighted by atomic mass is 35.5. The minimum Gasteiger partial charge on any atom is -0.373 e. The fourth-order valence-corrected chi connectivity index (χ4v) is 1.84. The van der Waals surface area contributed by atoms with Crippen LogP contribution in [0.25, 0.3) is 11.4 Å². The standard InChI is InChI=1S/C15H17ClFN3/c1-15(2,3)12-8-13(18-4)20-14(19-12)9-5-6-10(16)11(17)7-9/h5-8H,1-4H3,(H,18,19,20). The van der Waals surface area contributed by atoms with Gasteiger partial charge in [-0.2, -0.15) is 0 Å². The Morgan fingerprint density at radius 2 is 1.85 bits per heavy atom. The number of hydrogen-bond donors (Lipinski definition) is 1. The fourth-order valence-electron chi connectivity index (χ4n) is 1.72. The molecular formula is C15H17ClFN3. The summed E-state index contributed by atoms with van der Waals surface area (Å²) >= 11 is 5.70. The van der Waals surface area contributed by atoms with Crippen LogP contribution in [-0.4, -0.2) is 17.0 Å². The van der Waals surface area contributed by atoms with E-state index in [1.165, 1.54) is 12.1 Å². The van der Waals surface area contributed by atoms with E-state index >= 15 is 0 Å². The van der Waals surface area contributed by atoms with Gasteiger partial charge in [0.1, 0.15) is 11.6 Å². The van der Waals surface area contributed by atoms with Gasteiger partial charge >= 0.3 is 0 Å². The Balaban J connectivity index is 2.58. The highest BCUT2D eigenvalue weighted by Crippen LogP contribution is 2.27. The van der Waals surface area contributed by atoms with Crippen LogP contribution in [0.15, 0.2) is 24.3 Å². The lowest BCUT2D eigenvalue weighted by molar-refractivity contribution is 0.568. The van der Waals surface area contributed by atoms with Gasteiger partial charge in [0.05, 0.1) is 10.7 Å². The van der Waals surface area contributed by atoms with E-state index in [-0.39, 0.29) is 10.4 Å². The zero-order valence-corrected chi connectivity index (χ0v) is 12.7. The van der Waals surface area contributed by atoms with Crippen LogP contribution in [0.4, 0.5) is 10.2 Å². The second-order valence-corrected chi connectivity index (χ2v) is 6.00. The van der Waals surface area contributed by atoms with Crippen molar-refractivity contribution >= 4 is 17.4 Å². The monoisotopic (exact) mass is 293 g/mol. The minimum atomic E-state index is -0.472. The maximum atomic E-state index is 13.6. The van der Waals surface area contributed by atoms with Crippen LogP contribution in [-0.2, 0) is 5.41 Å². The molecule has 2 aromatic rings. The summed E-state index contributed by atoms with van der Waals surface area (Å²) in [5.41, 5.74) is 1.38. The molecule has 20 heavy (non-hydrogen) atoms. The average molecular weight is 294 g/mol. The third-order valence-corrected chi connectivity index (χ3v) is 3.24. The molecule has 2 rings (SSSR count). The molecule has 0 amide bonds. The lowest BCUT2D eigenvalue weighted by Crippen LogP contribution is -2.15. The summed E-state index contributed by atoms with van der Waals surface area (Å²) in [6.07, 6.45) is 0. The van der Waals surface area contributed by atoms with Crippen LogP contribution < -0.4 is 5.32 Å². The van der Waals surface area contributed by atoms with Crippen molar-refractivity contribution in [2.45, 2.75) is 26.2 Å². The van der Waals surface area contributed by atoms with Crippen LogP contribution in [0.3, 0.4) is 0 Å². The molecule has 106 valence electrons. The molecule has 0 bridgehead atoms. The summed E-state index contributed by atoms with van der Waals surface area (Å²) in [5.74, 6) is 0.715. The molecule has 1 N–H and O–H groups in total. The van der Waals surface area contributed by atoms with Gasteiger partial charge in [-0.1, -0.05) is 32.4 Å². The van der Waals surface area contributed by atoms with Gasteiger partial charge < -0.3 is 5.32 Å². The molecular weight excluding hydrogens is 277 g/mol. The SMILES string of the molecule is CNc1cc(C(C)(C)C)nc(-c2ccc(Cl)c(F)c2)n1. The first-order valence-electron chi connectivity index (χ1n) is 6.34. The first kappa shape index (κ1) is 14.7. The topological polar surface area (TPSA) is 37.8 Å². The number of benzene rings is 1. The number of nitrogens with one attached hydrogen (secondary N) is 1. The first-order valence-corrected chi connectivity index (χ1v) is 6.72. The zero-order valence-electron chi connectivity index (χ0n) is 12.0. The van der Waals surface area contributed by atoms with E-state index in [1.54, 1.807) is 13.1 Å². The predicted molar refractivity (Wildman–Crippen MR) is 80.7 cm³/mol. The van der Waals surface area contributed by atoms with Gasteiger partial charge in [-0.15, -0.1) is 0 Å². The molecule has 3 nitrogen and oxygen atoms in total. The second-order valence-electron chi connectivity index (χ2n) is 5.59. The molecule has 1 aromatic carbocycles. The van der Waals surface area contributed by atoms with E-state index < -0.39 is 5.82 Å². The van der Waals surface area contributed by atoms with Crippen molar-refractivity contribution in [1.29, 1.82) is 0 Å². The second kappa shape index (κ2) is 5.37. The molecule has 0 aliphatic carbocycles. The first-order chi connectivity index (χ1) is 9.31. The van der Waals surface area contributed by atoms with Gasteiger partial charge in [0, 0.05) is 24.1 Å². The van der Waals surface area contributed by atoms with E-state index in [2.05, 4.69) is 36.1 Å². The molecule has 0 fully saturated rings. The summed E-state index contributed by atoms with van der Waals surface area (Å²) < 4.78 is 13.6. The summed E-state index contributed by atoms with van der Waals surface area (Å²) in [5, 5.41) is 3.10. The Bertz CT molecular complexity index is 636. The maximum absolute atomic E-state index is 13.6. The summed E-state index contributed by atoms with van der Waals surface area (Å²) in [6, 6.07) is 6.48. The molecule has 0 radical (unpaired) electrons. The van der Waals surface area contributed by atoms with Crippen LogP contribution in [0, 0.1) is 5.82 Å². The number of rotatable bonds is 2. The van der Waals surface area contributed by atoms with Gasteiger partial charge in [0.25, 0.3) is 0 Å². The summed E-state index contributed by atoms with van der Waals surface area (Å²) in [4.78, 5) is 8.91. The zero-order chi connectivity index (χ0) is 14.9. The predicted octanol–water partition coefficient (Wildman–Crippen LogP) is 4.28. The molecule has 0 aliphatic heterocycles. The largest absolute Gasteiger partial charge is 0.373 e. The van der Waals surface area contributed by atoms with Gasteiger partial charge in [0.2, 0.25) is 0 Å². The van der Waals surface area contributed by atoms with E-state index in [0.29, 0.717) is 17.2 Å². The fraction of sp³-hybridized carbons (Fsp3) is 0.333. The maximum Gasteiger partial charge on any atom is 0.161 e. The van der Waals surface area contributed by atoms with Crippen LogP contribution in [0.5, 0.6) is 0 Å². The highest BCUT2D eigenvalue weighted by molar-refractivity contribution is 6.30. The van der Waals surface area contributed by atoms with Crippen molar-refractivity contribution in [3.05, 3.63) is 40.8 Å². The Kier molecular flexibility index (Phi) is 3.95. The van der Waals surface area contributed by atoms with Gasteiger partial charge in [-0.25, -0.2) is 14.4 Å². The molecule has 5 heteroatoms. The molecule has 0 aliphatic rings. The molecule has 0 atom stereocenters. The van der Waals surface area contributed by atoms with E-state index in [1.807, 2.05) is 6.07 Å². The van der Waals surface area contributed by atoms with Crippen LogP contribution in [0.1, 0.15) is 26.5 Å². The van der Waals surface area contributed by atoms with Crippen molar-refractivity contribution in [1.82, 2.24) is 9.97 Å². The number of hydrogen-bond acceptors (Lipinski definition) is 3. The number of anilines is 1. The van der Waals surface area contributed by atoms with E-state index in [4.69, 9.17) is 11.6 Å². The van der Waals surface area contributed by atoms with Crippen molar-refractivity contribution in [2.75, 3.05) is 12.4 Å². The normalized spacial score (nSPS) is 11.5. The molecule has 1 heterocycles. The number of halogens is 2. The molecule has 0 saturated heterocycles. The van der Waals surface area contributed by atoms with Gasteiger partial charge in [-0.05, 0) is 18.2 Å². The number of nitrogens with zero attached hydrogens (tertiary/aromatic N) is 2. The van der Waals surface area contributed by atoms with Crippen molar-refractivity contribution in [3.63, 3.8) is 0 Å².